The highest BCUT2D eigenvalue weighted by Gasteiger charge is 2.31. The zero-order chi connectivity index (χ0) is 16.3. The Bertz CT molecular complexity index is 466. The lowest BCUT2D eigenvalue weighted by Crippen LogP contribution is -2.35. The van der Waals surface area contributed by atoms with Crippen LogP contribution in [0.5, 0.6) is 0 Å². The van der Waals surface area contributed by atoms with Crippen molar-refractivity contribution in [3.8, 4) is 0 Å². The molecule has 0 spiro atoms. The molecule has 0 bridgehead atoms. The second-order valence-electron chi connectivity index (χ2n) is 5.84. The zero-order valence-corrected chi connectivity index (χ0v) is 13.2. The molecule has 1 aromatic rings. The van der Waals surface area contributed by atoms with Crippen LogP contribution in [0.4, 0.5) is 24.8 Å². The maximum absolute atomic E-state index is 12.7. The van der Waals surface area contributed by atoms with E-state index < -0.39 is 12.7 Å². The van der Waals surface area contributed by atoms with Crippen molar-refractivity contribution in [3.05, 3.63) is 11.9 Å². The third kappa shape index (κ3) is 5.40. The Balaban J connectivity index is 3.23. The van der Waals surface area contributed by atoms with E-state index in [1.54, 1.807) is 13.0 Å². The number of alkyl halides is 3. The first-order valence-electron chi connectivity index (χ1n) is 7.02. The Labute approximate surface area is 123 Å². The molecule has 7 heteroatoms. The second-order valence-corrected chi connectivity index (χ2v) is 5.84. The molecule has 1 heterocycles. The van der Waals surface area contributed by atoms with E-state index in [-0.39, 0.29) is 12.0 Å². The summed E-state index contributed by atoms with van der Waals surface area (Å²) in [4.78, 5) is 9.90. The predicted octanol–water partition coefficient (Wildman–Crippen LogP) is 3.59. The van der Waals surface area contributed by atoms with E-state index in [0.717, 1.165) is 0 Å². The Morgan fingerprint density at radius 3 is 2.19 bits per heavy atom. The maximum atomic E-state index is 12.7. The van der Waals surface area contributed by atoms with E-state index in [0.29, 0.717) is 24.0 Å². The monoisotopic (exact) mass is 304 g/mol. The summed E-state index contributed by atoms with van der Waals surface area (Å²) in [6.07, 6.45) is -4.26. The molecule has 0 saturated carbocycles. The minimum absolute atomic E-state index is 0.228. The van der Waals surface area contributed by atoms with Gasteiger partial charge in [-0.15, -0.1) is 0 Å². The lowest BCUT2D eigenvalue weighted by Gasteiger charge is -2.26. The molecule has 0 unspecified atom stereocenters. The van der Waals surface area contributed by atoms with Gasteiger partial charge < -0.3 is 10.2 Å². The van der Waals surface area contributed by atoms with E-state index in [1.165, 1.54) is 4.90 Å². The van der Waals surface area contributed by atoms with E-state index in [1.807, 2.05) is 27.7 Å². The number of hydrogen-bond donors (Lipinski definition) is 1. The molecule has 21 heavy (non-hydrogen) atoms. The normalized spacial score (nSPS) is 12.4. The molecule has 1 N–H and O–H groups in total. The van der Waals surface area contributed by atoms with Crippen molar-refractivity contribution in [2.45, 2.75) is 46.2 Å². The molecule has 0 aliphatic heterocycles. The van der Waals surface area contributed by atoms with Crippen LogP contribution >= 0.6 is 0 Å². The van der Waals surface area contributed by atoms with Gasteiger partial charge >= 0.3 is 6.18 Å². The number of aromatic nitrogens is 2. The van der Waals surface area contributed by atoms with Gasteiger partial charge in [0.25, 0.3) is 0 Å². The van der Waals surface area contributed by atoms with E-state index in [9.17, 15) is 13.2 Å². The Hall–Kier alpha value is -1.53. The molecular formula is C14H23F3N4. The van der Waals surface area contributed by atoms with Gasteiger partial charge in [-0.3, -0.25) is 0 Å². The quantitative estimate of drug-likeness (QED) is 0.902. The molecule has 0 aromatic carbocycles. The van der Waals surface area contributed by atoms with Crippen molar-refractivity contribution in [2.75, 3.05) is 29.9 Å². The van der Waals surface area contributed by atoms with Crippen LogP contribution in [-0.2, 0) is 5.41 Å². The van der Waals surface area contributed by atoms with Gasteiger partial charge in [-0.1, -0.05) is 20.8 Å². The summed E-state index contributed by atoms with van der Waals surface area (Å²) in [5, 5.41) is 3.04. The Morgan fingerprint density at radius 1 is 1.14 bits per heavy atom. The predicted molar refractivity (Wildman–Crippen MR) is 78.8 cm³/mol. The molecule has 1 rings (SSSR count). The maximum Gasteiger partial charge on any atom is 0.405 e. The van der Waals surface area contributed by atoms with Gasteiger partial charge in [0.15, 0.2) is 0 Å². The van der Waals surface area contributed by atoms with Crippen LogP contribution in [-0.4, -0.2) is 35.8 Å². The third-order valence-electron chi connectivity index (χ3n) is 2.82. The highest BCUT2D eigenvalue weighted by Crippen LogP contribution is 2.26. The molecular weight excluding hydrogens is 281 g/mol. The second kappa shape index (κ2) is 6.49. The van der Waals surface area contributed by atoms with Crippen molar-refractivity contribution in [2.24, 2.45) is 0 Å². The van der Waals surface area contributed by atoms with Crippen molar-refractivity contribution in [3.63, 3.8) is 0 Å². The van der Waals surface area contributed by atoms with Crippen molar-refractivity contribution >= 4 is 11.6 Å². The molecule has 1 aromatic heterocycles. The van der Waals surface area contributed by atoms with Gasteiger partial charge in [-0.25, -0.2) is 9.97 Å². The lowest BCUT2D eigenvalue weighted by molar-refractivity contribution is -0.119. The molecule has 120 valence electrons. The SMILES string of the molecule is CCNc1cc(N(CC)CC(F)(F)F)nc(C(C)(C)C)n1. The molecule has 4 nitrogen and oxygen atoms in total. The van der Waals surface area contributed by atoms with E-state index >= 15 is 0 Å². The number of rotatable bonds is 5. The highest BCUT2D eigenvalue weighted by molar-refractivity contribution is 5.50. The fourth-order valence-corrected chi connectivity index (χ4v) is 1.77. The van der Waals surface area contributed by atoms with Gasteiger partial charge in [0.2, 0.25) is 0 Å². The minimum Gasteiger partial charge on any atom is -0.370 e. The van der Waals surface area contributed by atoms with Crippen LogP contribution in [0.3, 0.4) is 0 Å². The third-order valence-corrected chi connectivity index (χ3v) is 2.82. The molecule has 0 radical (unpaired) electrons. The van der Waals surface area contributed by atoms with Crippen LogP contribution in [0.2, 0.25) is 0 Å². The first-order valence-corrected chi connectivity index (χ1v) is 7.02. The molecule has 0 atom stereocenters. The summed E-state index contributed by atoms with van der Waals surface area (Å²) in [7, 11) is 0. The van der Waals surface area contributed by atoms with Crippen LogP contribution in [0.15, 0.2) is 6.07 Å². The minimum atomic E-state index is -4.26. The number of hydrogen-bond acceptors (Lipinski definition) is 4. The van der Waals surface area contributed by atoms with Crippen LogP contribution in [0, 0.1) is 0 Å². The van der Waals surface area contributed by atoms with Crippen LogP contribution in [0.25, 0.3) is 0 Å². The average Bonchev–Trinajstić information content (AvgIpc) is 2.34. The number of halogens is 3. The average molecular weight is 304 g/mol. The lowest BCUT2D eigenvalue weighted by atomic mass is 9.96. The summed E-state index contributed by atoms with van der Waals surface area (Å²) < 4.78 is 38.0. The van der Waals surface area contributed by atoms with Crippen molar-refractivity contribution in [1.29, 1.82) is 0 Å². The first-order chi connectivity index (χ1) is 9.56. The first kappa shape index (κ1) is 17.5. The number of anilines is 2. The summed E-state index contributed by atoms with van der Waals surface area (Å²) in [5.74, 6) is 1.37. The Morgan fingerprint density at radius 2 is 1.76 bits per heavy atom. The van der Waals surface area contributed by atoms with Crippen LogP contribution < -0.4 is 10.2 Å². The summed E-state index contributed by atoms with van der Waals surface area (Å²) in [6.45, 7) is 9.24. The van der Waals surface area contributed by atoms with Gasteiger partial charge in [0, 0.05) is 24.6 Å². The summed E-state index contributed by atoms with van der Waals surface area (Å²) >= 11 is 0. The molecule has 0 saturated heterocycles. The smallest absolute Gasteiger partial charge is 0.370 e. The van der Waals surface area contributed by atoms with Gasteiger partial charge in [0.05, 0.1) is 0 Å². The zero-order valence-electron chi connectivity index (χ0n) is 13.2. The standard InChI is InChI=1S/C14H23F3N4/c1-6-18-10-8-11(20-12(19-10)13(3,4)5)21(7-2)9-14(15,16)17/h8H,6-7,9H2,1-5H3,(H,18,19,20). The van der Waals surface area contributed by atoms with Crippen molar-refractivity contribution in [1.82, 2.24) is 9.97 Å². The molecule has 0 amide bonds. The van der Waals surface area contributed by atoms with Gasteiger partial charge in [-0.2, -0.15) is 13.2 Å². The highest BCUT2D eigenvalue weighted by atomic mass is 19.4. The van der Waals surface area contributed by atoms with Crippen molar-refractivity contribution < 1.29 is 13.2 Å². The fraction of sp³-hybridized carbons (Fsp3) is 0.714. The topological polar surface area (TPSA) is 41.0 Å². The van der Waals surface area contributed by atoms with E-state index in [2.05, 4.69) is 15.3 Å². The molecule has 0 aliphatic carbocycles. The fourth-order valence-electron chi connectivity index (χ4n) is 1.77. The Kier molecular flexibility index (Phi) is 5.42. The molecule has 0 fully saturated rings. The molecule has 0 aliphatic rings. The summed E-state index contributed by atoms with van der Waals surface area (Å²) in [6, 6.07) is 1.56. The number of nitrogens with zero attached hydrogens (tertiary/aromatic N) is 3. The van der Waals surface area contributed by atoms with Gasteiger partial charge in [0.1, 0.15) is 24.0 Å². The van der Waals surface area contributed by atoms with Gasteiger partial charge in [-0.05, 0) is 13.8 Å². The van der Waals surface area contributed by atoms with Crippen LogP contribution in [0.1, 0.15) is 40.4 Å². The largest absolute Gasteiger partial charge is 0.405 e. The van der Waals surface area contributed by atoms with E-state index in [4.69, 9.17) is 0 Å². The summed E-state index contributed by atoms with van der Waals surface area (Å²) in [5.41, 5.74) is -0.335. The number of nitrogens with one attached hydrogen (secondary N) is 1.